The molecule has 31 heavy (non-hydrogen) atoms. The van der Waals surface area contributed by atoms with Crippen LogP contribution in [0.4, 0.5) is 0 Å². The van der Waals surface area contributed by atoms with Crippen molar-refractivity contribution in [2.24, 2.45) is 5.92 Å². The molecule has 0 saturated heterocycles. The molecule has 0 fully saturated rings. The summed E-state index contributed by atoms with van der Waals surface area (Å²) in [6.07, 6.45) is 18.3. The van der Waals surface area contributed by atoms with Crippen molar-refractivity contribution in [1.82, 2.24) is 0 Å². The van der Waals surface area contributed by atoms with Crippen LogP contribution in [0.25, 0.3) is 0 Å². The molecule has 1 aliphatic rings. The fourth-order valence-corrected chi connectivity index (χ4v) is 3.40. The first-order chi connectivity index (χ1) is 15.1. The molecule has 2 rings (SSSR count). The second-order valence-electron chi connectivity index (χ2n) is 7.74. The second kappa shape index (κ2) is 14.6. The highest BCUT2D eigenvalue weighted by Crippen LogP contribution is 2.26. The number of carbonyl (C=O) groups is 1. The van der Waals surface area contributed by atoms with Gasteiger partial charge in [-0.15, -0.1) is 0 Å². The standard InChI is InChI=1S/C27H36O4/c1-3-4-7-11-24(28)15-18-26-23(14-19-27(26)29)10-8-5-6-9-20-31-21-22-12-16-25(30-2)17-13-22/h4-5,7-8,12-14,16-19,23-24,28H,3,6,9-11,15,20-21H2,1-2H3/b7-4-,8-5-,26-18+/t23-,24+/m0/s1. The maximum atomic E-state index is 12.1. The van der Waals surface area contributed by atoms with Crippen molar-refractivity contribution in [1.29, 1.82) is 0 Å². The third-order valence-corrected chi connectivity index (χ3v) is 5.23. The predicted molar refractivity (Wildman–Crippen MR) is 126 cm³/mol. The lowest BCUT2D eigenvalue weighted by Gasteiger charge is -2.10. The quantitative estimate of drug-likeness (QED) is 0.235. The van der Waals surface area contributed by atoms with Crippen LogP contribution >= 0.6 is 0 Å². The van der Waals surface area contributed by atoms with Gasteiger partial charge in [-0.1, -0.05) is 55.5 Å². The van der Waals surface area contributed by atoms with Crippen LogP contribution in [0.3, 0.4) is 0 Å². The summed E-state index contributed by atoms with van der Waals surface area (Å²) in [6, 6.07) is 7.91. The monoisotopic (exact) mass is 424 g/mol. The van der Waals surface area contributed by atoms with Crippen molar-refractivity contribution in [3.05, 3.63) is 77.9 Å². The first-order valence-electron chi connectivity index (χ1n) is 11.2. The molecule has 4 nitrogen and oxygen atoms in total. The van der Waals surface area contributed by atoms with Gasteiger partial charge in [0.1, 0.15) is 5.75 Å². The van der Waals surface area contributed by atoms with E-state index in [1.165, 1.54) is 0 Å². The van der Waals surface area contributed by atoms with Crippen LogP contribution in [-0.4, -0.2) is 30.7 Å². The molecule has 0 radical (unpaired) electrons. The van der Waals surface area contributed by atoms with Crippen molar-refractivity contribution >= 4 is 5.78 Å². The smallest absolute Gasteiger partial charge is 0.181 e. The Balaban J connectivity index is 1.63. The lowest BCUT2D eigenvalue weighted by atomic mass is 9.96. The molecule has 0 aromatic heterocycles. The molecular formula is C27H36O4. The summed E-state index contributed by atoms with van der Waals surface area (Å²) in [5, 5.41) is 10.1. The Kier molecular flexibility index (Phi) is 11.7. The van der Waals surface area contributed by atoms with Gasteiger partial charge < -0.3 is 14.6 Å². The van der Waals surface area contributed by atoms with E-state index in [4.69, 9.17) is 9.47 Å². The van der Waals surface area contributed by atoms with E-state index in [2.05, 4.69) is 25.2 Å². The first kappa shape index (κ1) is 24.8. The maximum Gasteiger partial charge on any atom is 0.181 e. The van der Waals surface area contributed by atoms with Crippen molar-refractivity contribution in [3.8, 4) is 5.75 Å². The van der Waals surface area contributed by atoms with Crippen LogP contribution in [-0.2, 0) is 16.1 Å². The number of methoxy groups -OCH3 is 1. The summed E-state index contributed by atoms with van der Waals surface area (Å²) in [6.45, 7) is 3.39. The lowest BCUT2D eigenvalue weighted by Crippen LogP contribution is -2.07. The third kappa shape index (κ3) is 9.50. The van der Waals surface area contributed by atoms with E-state index >= 15 is 0 Å². The zero-order valence-electron chi connectivity index (χ0n) is 18.8. The summed E-state index contributed by atoms with van der Waals surface area (Å²) in [7, 11) is 1.66. The van der Waals surface area contributed by atoms with Gasteiger partial charge in [0.05, 0.1) is 19.8 Å². The van der Waals surface area contributed by atoms with Crippen molar-refractivity contribution < 1.29 is 19.4 Å². The number of aliphatic hydroxyl groups excluding tert-OH is 1. The first-order valence-corrected chi connectivity index (χ1v) is 11.2. The van der Waals surface area contributed by atoms with Crippen LogP contribution in [0.2, 0.25) is 0 Å². The highest BCUT2D eigenvalue weighted by molar-refractivity contribution is 6.07. The zero-order chi connectivity index (χ0) is 22.3. The van der Waals surface area contributed by atoms with Gasteiger partial charge >= 0.3 is 0 Å². The molecule has 4 heteroatoms. The van der Waals surface area contributed by atoms with Crippen LogP contribution < -0.4 is 4.74 Å². The van der Waals surface area contributed by atoms with Gasteiger partial charge in [-0.25, -0.2) is 0 Å². The molecule has 0 spiro atoms. The van der Waals surface area contributed by atoms with E-state index in [0.717, 1.165) is 42.6 Å². The number of aliphatic hydroxyl groups is 1. The van der Waals surface area contributed by atoms with Gasteiger partial charge in [0.2, 0.25) is 0 Å². The van der Waals surface area contributed by atoms with Crippen molar-refractivity contribution in [2.75, 3.05) is 13.7 Å². The fraction of sp³-hybridized carbons (Fsp3) is 0.444. The van der Waals surface area contributed by atoms with Crippen LogP contribution in [0.5, 0.6) is 5.75 Å². The van der Waals surface area contributed by atoms with E-state index in [-0.39, 0.29) is 11.7 Å². The lowest BCUT2D eigenvalue weighted by molar-refractivity contribution is -0.111. The number of hydrogen-bond donors (Lipinski definition) is 1. The van der Waals surface area contributed by atoms with E-state index in [1.54, 1.807) is 13.2 Å². The highest BCUT2D eigenvalue weighted by Gasteiger charge is 2.21. The Morgan fingerprint density at radius 1 is 1.10 bits per heavy atom. The van der Waals surface area contributed by atoms with Gasteiger partial charge in [0, 0.05) is 18.1 Å². The molecule has 0 unspecified atom stereocenters. The number of ether oxygens (including phenoxy) is 2. The number of allylic oxidation sites excluding steroid dienone is 6. The summed E-state index contributed by atoms with van der Waals surface area (Å²) >= 11 is 0. The molecule has 2 atom stereocenters. The summed E-state index contributed by atoms with van der Waals surface area (Å²) < 4.78 is 10.9. The Labute approximate surface area is 187 Å². The molecule has 168 valence electrons. The van der Waals surface area contributed by atoms with E-state index in [1.807, 2.05) is 42.5 Å². The second-order valence-corrected chi connectivity index (χ2v) is 7.74. The molecule has 0 saturated carbocycles. The largest absolute Gasteiger partial charge is 0.497 e. The summed E-state index contributed by atoms with van der Waals surface area (Å²) in [5.41, 5.74) is 1.95. The Morgan fingerprint density at radius 3 is 2.65 bits per heavy atom. The molecule has 0 amide bonds. The SMILES string of the molecule is CC/C=C\C[C@@H](O)C/C=C1/C(=O)C=C[C@@H]1C/C=C\CCCOCc1ccc(OC)cc1. The Hall–Kier alpha value is -2.43. The summed E-state index contributed by atoms with van der Waals surface area (Å²) in [5.74, 6) is 1.04. The molecule has 0 aliphatic heterocycles. The van der Waals surface area contributed by atoms with E-state index in [0.29, 0.717) is 26.1 Å². The van der Waals surface area contributed by atoms with Crippen molar-refractivity contribution in [3.63, 3.8) is 0 Å². The topological polar surface area (TPSA) is 55.8 Å². The maximum absolute atomic E-state index is 12.1. The van der Waals surface area contributed by atoms with Crippen LogP contribution in [0.15, 0.2) is 72.4 Å². The van der Waals surface area contributed by atoms with Crippen molar-refractivity contribution in [2.45, 2.75) is 58.2 Å². The average Bonchev–Trinajstić information content (AvgIpc) is 3.14. The summed E-state index contributed by atoms with van der Waals surface area (Å²) in [4.78, 5) is 12.1. The predicted octanol–water partition coefficient (Wildman–Crippen LogP) is 5.73. The number of carbonyl (C=O) groups excluding carboxylic acids is 1. The molecule has 1 aromatic carbocycles. The minimum Gasteiger partial charge on any atom is -0.497 e. The van der Waals surface area contributed by atoms with Gasteiger partial charge in [-0.05, 0) is 62.3 Å². The highest BCUT2D eigenvalue weighted by atomic mass is 16.5. The van der Waals surface area contributed by atoms with Crippen LogP contribution in [0.1, 0.15) is 51.0 Å². The molecule has 1 N–H and O–H groups in total. The van der Waals surface area contributed by atoms with Gasteiger partial charge in [-0.2, -0.15) is 0 Å². The number of rotatable bonds is 14. The fourth-order valence-electron chi connectivity index (χ4n) is 3.40. The molecule has 0 bridgehead atoms. The zero-order valence-corrected chi connectivity index (χ0v) is 18.8. The number of ketones is 1. The van der Waals surface area contributed by atoms with Gasteiger partial charge in [0.15, 0.2) is 5.78 Å². The van der Waals surface area contributed by atoms with Crippen LogP contribution in [0, 0.1) is 5.92 Å². The number of benzene rings is 1. The molecule has 1 aromatic rings. The van der Waals surface area contributed by atoms with E-state index in [9.17, 15) is 9.90 Å². The molecule has 0 heterocycles. The minimum atomic E-state index is -0.433. The average molecular weight is 425 g/mol. The normalized spacial score (nSPS) is 18.6. The minimum absolute atomic E-state index is 0.0710. The van der Waals surface area contributed by atoms with E-state index < -0.39 is 6.10 Å². The van der Waals surface area contributed by atoms with Gasteiger partial charge in [0.25, 0.3) is 0 Å². The Morgan fingerprint density at radius 2 is 1.90 bits per heavy atom. The molecule has 1 aliphatic carbocycles. The third-order valence-electron chi connectivity index (χ3n) is 5.23. The molecular weight excluding hydrogens is 388 g/mol. The van der Waals surface area contributed by atoms with Gasteiger partial charge in [-0.3, -0.25) is 4.79 Å². The number of unbranched alkanes of at least 4 members (excludes halogenated alkanes) is 1. The Bertz CT molecular complexity index is 771. The number of hydrogen-bond acceptors (Lipinski definition) is 4.